The van der Waals surface area contributed by atoms with E-state index >= 15 is 0 Å². The molecule has 0 heterocycles. The maximum absolute atomic E-state index is 12.1. The first-order valence-electron chi connectivity index (χ1n) is 9.62. The average molecular weight is 330 g/mol. The lowest BCUT2D eigenvalue weighted by Crippen LogP contribution is -2.52. The van der Waals surface area contributed by atoms with Crippen LogP contribution in [0, 0.1) is 28.6 Å². The fourth-order valence-corrected chi connectivity index (χ4v) is 6.85. The number of aliphatic hydroxyl groups is 2. The first-order valence-corrected chi connectivity index (χ1v) is 9.62. The van der Waals surface area contributed by atoms with Gasteiger partial charge < -0.3 is 10.2 Å². The molecule has 0 radical (unpaired) electrons. The Balaban J connectivity index is 1.69. The molecular formula is C21H30O3. The summed E-state index contributed by atoms with van der Waals surface area (Å²) in [6.45, 7) is 4.22. The fourth-order valence-electron chi connectivity index (χ4n) is 6.85. The smallest absolute Gasteiger partial charge is 0.156 e. The molecular weight excluding hydrogens is 300 g/mol. The summed E-state index contributed by atoms with van der Waals surface area (Å²) < 4.78 is 0. The second-order valence-electron chi connectivity index (χ2n) is 8.92. The number of carbonyl (C=O) groups is 1. The highest BCUT2D eigenvalue weighted by atomic mass is 16.3. The van der Waals surface area contributed by atoms with Crippen LogP contribution >= 0.6 is 0 Å². The van der Waals surface area contributed by atoms with Crippen LogP contribution in [-0.4, -0.2) is 28.7 Å². The number of ketones is 1. The summed E-state index contributed by atoms with van der Waals surface area (Å²) in [7, 11) is 0. The molecule has 132 valence electrons. The third-order valence-corrected chi connectivity index (χ3v) is 8.04. The Bertz CT molecular complexity index is 619. The van der Waals surface area contributed by atoms with Crippen LogP contribution in [0.2, 0.25) is 0 Å². The van der Waals surface area contributed by atoms with Crippen LogP contribution in [0.15, 0.2) is 23.3 Å². The van der Waals surface area contributed by atoms with Gasteiger partial charge in [0.25, 0.3) is 0 Å². The highest BCUT2D eigenvalue weighted by molar-refractivity contribution is 5.95. The number of rotatable bonds is 2. The van der Waals surface area contributed by atoms with Gasteiger partial charge in [-0.25, -0.2) is 0 Å². The molecule has 2 saturated carbocycles. The van der Waals surface area contributed by atoms with Crippen molar-refractivity contribution in [3.63, 3.8) is 0 Å². The Morgan fingerprint density at radius 1 is 1.21 bits per heavy atom. The molecule has 24 heavy (non-hydrogen) atoms. The van der Waals surface area contributed by atoms with Gasteiger partial charge in [-0.3, -0.25) is 4.79 Å². The van der Waals surface area contributed by atoms with E-state index in [1.807, 2.05) is 0 Å². The molecule has 3 heteroatoms. The van der Waals surface area contributed by atoms with E-state index in [1.165, 1.54) is 5.57 Å². The zero-order chi connectivity index (χ0) is 17.1. The Morgan fingerprint density at radius 2 is 2.00 bits per heavy atom. The van der Waals surface area contributed by atoms with Crippen LogP contribution in [0.4, 0.5) is 0 Å². The highest BCUT2D eigenvalue weighted by Gasteiger charge is 2.58. The molecule has 2 fully saturated rings. The van der Waals surface area contributed by atoms with Crippen LogP contribution in [0.25, 0.3) is 0 Å². The molecule has 4 aliphatic carbocycles. The van der Waals surface area contributed by atoms with Crippen molar-refractivity contribution in [3.8, 4) is 0 Å². The van der Waals surface area contributed by atoms with Crippen molar-refractivity contribution >= 4 is 5.78 Å². The summed E-state index contributed by atoms with van der Waals surface area (Å²) in [6.07, 6.45) is 11.0. The van der Waals surface area contributed by atoms with E-state index in [0.717, 1.165) is 50.5 Å². The Morgan fingerprint density at radius 3 is 2.71 bits per heavy atom. The standard InChI is InChI=1S/C21H30O3/c1-13(23)17-5-6-18-16-4-3-14-11-15(24)7-10-21(14,12-22)19(16)8-9-20(17,18)2/h3,5,15-16,18-19,22,24H,4,6-12H2,1-2H3/t15-,16+,18+,19+,20+,21+/m0/s1. The van der Waals surface area contributed by atoms with Crippen molar-refractivity contribution < 1.29 is 15.0 Å². The quantitative estimate of drug-likeness (QED) is 0.763. The van der Waals surface area contributed by atoms with Crippen molar-refractivity contribution in [3.05, 3.63) is 23.3 Å². The second kappa shape index (κ2) is 5.54. The Hall–Kier alpha value is -0.930. The molecule has 0 unspecified atom stereocenters. The third-order valence-electron chi connectivity index (χ3n) is 8.04. The summed E-state index contributed by atoms with van der Waals surface area (Å²) in [5.74, 6) is 1.84. The van der Waals surface area contributed by atoms with Gasteiger partial charge in [-0.05, 0) is 80.6 Å². The van der Waals surface area contributed by atoms with Gasteiger partial charge in [0.05, 0.1) is 12.7 Å². The highest BCUT2D eigenvalue weighted by Crippen LogP contribution is 2.64. The van der Waals surface area contributed by atoms with E-state index in [-0.39, 0.29) is 29.3 Å². The van der Waals surface area contributed by atoms with E-state index in [1.54, 1.807) is 6.92 Å². The van der Waals surface area contributed by atoms with E-state index in [2.05, 4.69) is 19.1 Å². The van der Waals surface area contributed by atoms with Gasteiger partial charge in [0.2, 0.25) is 0 Å². The molecule has 4 rings (SSSR count). The molecule has 0 spiro atoms. The monoisotopic (exact) mass is 330 g/mol. The summed E-state index contributed by atoms with van der Waals surface area (Å²) >= 11 is 0. The SMILES string of the molecule is CC(=O)C1=CC[C@@H]2[C@H]3CC=C4C[C@@H](O)CC[C@]4(CO)[C@@H]3CC[C@]12C. The second-order valence-corrected chi connectivity index (χ2v) is 8.92. The molecule has 0 aromatic carbocycles. The molecule has 0 aromatic rings. The van der Waals surface area contributed by atoms with Crippen molar-refractivity contribution in [2.45, 2.75) is 64.9 Å². The lowest BCUT2D eigenvalue weighted by molar-refractivity contribution is -0.116. The van der Waals surface area contributed by atoms with Crippen LogP contribution < -0.4 is 0 Å². The normalized spacial score (nSPS) is 47.2. The van der Waals surface area contributed by atoms with Crippen LogP contribution in [0.3, 0.4) is 0 Å². The summed E-state index contributed by atoms with van der Waals surface area (Å²) in [6, 6.07) is 0. The third kappa shape index (κ3) is 2.07. The van der Waals surface area contributed by atoms with E-state index in [4.69, 9.17) is 0 Å². The van der Waals surface area contributed by atoms with Gasteiger partial charge >= 0.3 is 0 Å². The number of hydrogen-bond acceptors (Lipinski definition) is 3. The summed E-state index contributed by atoms with van der Waals surface area (Å²) in [5.41, 5.74) is 2.29. The van der Waals surface area contributed by atoms with Gasteiger partial charge in [-0.1, -0.05) is 24.6 Å². The molecule has 0 saturated heterocycles. The molecule has 0 amide bonds. The predicted molar refractivity (Wildman–Crippen MR) is 93.3 cm³/mol. The van der Waals surface area contributed by atoms with Crippen molar-refractivity contribution in [2.75, 3.05) is 6.61 Å². The maximum atomic E-state index is 12.1. The van der Waals surface area contributed by atoms with Gasteiger partial charge in [0.1, 0.15) is 0 Å². The molecule has 0 bridgehead atoms. The molecule has 0 aliphatic heterocycles. The minimum absolute atomic E-state index is 0.0309. The summed E-state index contributed by atoms with van der Waals surface area (Å²) in [5, 5.41) is 20.4. The Kier molecular flexibility index (Phi) is 3.81. The van der Waals surface area contributed by atoms with Gasteiger partial charge in [0.15, 0.2) is 5.78 Å². The predicted octanol–water partition coefficient (Wildman–Crippen LogP) is 3.41. The minimum atomic E-state index is -0.237. The number of aliphatic hydroxyl groups excluding tert-OH is 2. The molecule has 3 nitrogen and oxygen atoms in total. The zero-order valence-corrected chi connectivity index (χ0v) is 14.9. The maximum Gasteiger partial charge on any atom is 0.156 e. The van der Waals surface area contributed by atoms with Crippen LogP contribution in [0.5, 0.6) is 0 Å². The average Bonchev–Trinajstić information content (AvgIpc) is 2.91. The molecule has 4 aliphatic rings. The number of Topliss-reactive ketones (excluding diaryl/α,β-unsaturated/α-hetero) is 1. The first kappa shape index (κ1) is 16.5. The topological polar surface area (TPSA) is 57.5 Å². The number of hydrogen-bond donors (Lipinski definition) is 2. The molecule has 6 atom stereocenters. The minimum Gasteiger partial charge on any atom is -0.395 e. The Labute approximate surface area is 144 Å². The van der Waals surface area contributed by atoms with E-state index < -0.39 is 0 Å². The number of carbonyl (C=O) groups excluding carboxylic acids is 1. The van der Waals surface area contributed by atoms with E-state index in [0.29, 0.717) is 17.8 Å². The number of allylic oxidation sites excluding steroid dienone is 3. The van der Waals surface area contributed by atoms with Gasteiger partial charge in [-0.2, -0.15) is 0 Å². The number of fused-ring (bicyclic) bond motifs is 5. The van der Waals surface area contributed by atoms with Crippen LogP contribution in [0.1, 0.15) is 58.8 Å². The van der Waals surface area contributed by atoms with Gasteiger partial charge in [-0.15, -0.1) is 0 Å². The molecule has 2 N–H and O–H groups in total. The zero-order valence-electron chi connectivity index (χ0n) is 14.9. The fraction of sp³-hybridized carbons (Fsp3) is 0.762. The van der Waals surface area contributed by atoms with Crippen LogP contribution in [-0.2, 0) is 4.79 Å². The first-order chi connectivity index (χ1) is 11.4. The van der Waals surface area contributed by atoms with Gasteiger partial charge in [0, 0.05) is 5.41 Å². The molecule has 0 aromatic heterocycles. The van der Waals surface area contributed by atoms with Crippen molar-refractivity contribution in [1.82, 2.24) is 0 Å². The lowest BCUT2D eigenvalue weighted by atomic mass is 9.47. The summed E-state index contributed by atoms with van der Waals surface area (Å²) in [4.78, 5) is 12.1. The van der Waals surface area contributed by atoms with Crippen molar-refractivity contribution in [2.24, 2.45) is 28.6 Å². The van der Waals surface area contributed by atoms with E-state index in [9.17, 15) is 15.0 Å². The lowest BCUT2D eigenvalue weighted by Gasteiger charge is -2.58. The van der Waals surface area contributed by atoms with Crippen molar-refractivity contribution in [1.29, 1.82) is 0 Å². The largest absolute Gasteiger partial charge is 0.395 e.